The number of hydrogen-bond acceptors (Lipinski definition) is 8. The maximum Gasteiger partial charge on any atom is 0.278 e. The summed E-state index contributed by atoms with van der Waals surface area (Å²) in [7, 11) is 3.38. The molecule has 10 nitrogen and oxygen atoms in total. The third-order valence-electron chi connectivity index (χ3n) is 9.40. The number of nitrogens with zero attached hydrogens (tertiary/aromatic N) is 3. The Hall–Kier alpha value is -3.74. The second-order valence-electron chi connectivity index (χ2n) is 12.3. The van der Waals surface area contributed by atoms with Crippen LogP contribution in [0.4, 0.5) is 8.78 Å². The lowest BCUT2D eigenvalue weighted by molar-refractivity contribution is -0.124. The Morgan fingerprint density at radius 1 is 1.19 bits per heavy atom. The number of amides is 2. The molecule has 43 heavy (non-hydrogen) atoms. The molecule has 2 aliphatic carbocycles. The molecule has 1 aliphatic heterocycles. The third-order valence-corrected chi connectivity index (χ3v) is 10.2. The molecular formula is C30H36F2N6O4S. The van der Waals surface area contributed by atoms with Gasteiger partial charge in [0.1, 0.15) is 22.3 Å². The lowest BCUT2D eigenvalue weighted by atomic mass is 9.72. The van der Waals surface area contributed by atoms with E-state index in [1.807, 2.05) is 0 Å². The highest BCUT2D eigenvalue weighted by molar-refractivity contribution is 8.26. The smallest absolute Gasteiger partial charge is 0.278 e. The van der Waals surface area contributed by atoms with Crippen LogP contribution in [0.25, 0.3) is 0 Å². The normalized spacial score (nSPS) is 23.2. The number of aromatic hydroxyl groups is 1. The SMILES string of the molecule is CC(C)[C@]1(CC(=O)NC2CC2)CCC2(C1)N(C)C(=O)c1c(O)c(=O)c(C(=N)SC(=N)Cc3ccc(F)cc3F)cn1N2C. The highest BCUT2D eigenvalue weighted by atomic mass is 32.2. The third kappa shape index (κ3) is 5.43. The van der Waals surface area contributed by atoms with Crippen molar-refractivity contribution >= 4 is 33.7 Å². The molecule has 2 heterocycles. The molecular weight excluding hydrogens is 578 g/mol. The minimum atomic E-state index is -0.935. The maximum atomic E-state index is 14.1. The van der Waals surface area contributed by atoms with Gasteiger partial charge in [0, 0.05) is 45.2 Å². The van der Waals surface area contributed by atoms with Crippen molar-refractivity contribution < 1.29 is 23.5 Å². The van der Waals surface area contributed by atoms with Gasteiger partial charge in [-0.25, -0.2) is 8.78 Å². The van der Waals surface area contributed by atoms with Gasteiger partial charge >= 0.3 is 0 Å². The molecule has 0 saturated heterocycles. The minimum Gasteiger partial charge on any atom is -0.502 e. The van der Waals surface area contributed by atoms with Gasteiger partial charge in [-0.05, 0) is 55.1 Å². The number of carbonyl (C=O) groups is 2. The number of benzene rings is 1. The van der Waals surface area contributed by atoms with Gasteiger partial charge in [-0.1, -0.05) is 31.7 Å². The number of aromatic nitrogens is 1. The van der Waals surface area contributed by atoms with Gasteiger partial charge in [0.25, 0.3) is 5.91 Å². The van der Waals surface area contributed by atoms with E-state index in [0.29, 0.717) is 43.5 Å². The van der Waals surface area contributed by atoms with E-state index in [1.165, 1.54) is 21.8 Å². The van der Waals surface area contributed by atoms with Crippen molar-refractivity contribution in [3.8, 4) is 5.75 Å². The Morgan fingerprint density at radius 3 is 2.51 bits per heavy atom. The molecule has 1 aromatic carbocycles. The Kier molecular flexibility index (Phi) is 7.91. The van der Waals surface area contributed by atoms with Gasteiger partial charge in [0.15, 0.2) is 11.4 Å². The average Bonchev–Trinajstić information content (AvgIpc) is 3.66. The monoisotopic (exact) mass is 614 g/mol. The van der Waals surface area contributed by atoms with E-state index in [-0.39, 0.29) is 51.2 Å². The zero-order chi connectivity index (χ0) is 31.4. The molecule has 2 aromatic rings. The summed E-state index contributed by atoms with van der Waals surface area (Å²) in [5.74, 6) is -2.80. The van der Waals surface area contributed by atoms with Crippen molar-refractivity contribution in [1.29, 1.82) is 10.8 Å². The van der Waals surface area contributed by atoms with Crippen LogP contribution in [0.5, 0.6) is 5.75 Å². The fourth-order valence-electron chi connectivity index (χ4n) is 6.43. The highest BCUT2D eigenvalue weighted by Crippen LogP contribution is 2.55. The number of hydrogen-bond donors (Lipinski definition) is 4. The predicted octanol–water partition coefficient (Wildman–Crippen LogP) is 3.96. The number of halogens is 2. The first kappa shape index (κ1) is 30.7. The number of nitrogens with one attached hydrogen (secondary N) is 3. The van der Waals surface area contributed by atoms with Crippen LogP contribution >= 0.6 is 11.8 Å². The van der Waals surface area contributed by atoms with Crippen molar-refractivity contribution in [2.75, 3.05) is 19.1 Å². The summed E-state index contributed by atoms with van der Waals surface area (Å²) < 4.78 is 28.8. The summed E-state index contributed by atoms with van der Waals surface area (Å²) in [6, 6.07) is 3.24. The Bertz CT molecular complexity index is 1590. The average molecular weight is 615 g/mol. The van der Waals surface area contributed by atoms with Gasteiger partial charge in [0.05, 0.1) is 10.6 Å². The number of rotatable bonds is 7. The minimum absolute atomic E-state index is 0.00175. The van der Waals surface area contributed by atoms with Gasteiger partial charge in [-0.15, -0.1) is 0 Å². The molecule has 2 atom stereocenters. The van der Waals surface area contributed by atoms with Crippen LogP contribution in [0.15, 0.2) is 29.2 Å². The predicted molar refractivity (Wildman–Crippen MR) is 160 cm³/mol. The molecule has 4 N–H and O–H groups in total. The van der Waals surface area contributed by atoms with E-state index < -0.39 is 39.8 Å². The second kappa shape index (κ2) is 11.1. The van der Waals surface area contributed by atoms with Crippen LogP contribution in [0.2, 0.25) is 0 Å². The van der Waals surface area contributed by atoms with Crippen LogP contribution in [0.3, 0.4) is 0 Å². The van der Waals surface area contributed by atoms with E-state index >= 15 is 0 Å². The van der Waals surface area contributed by atoms with Crippen molar-refractivity contribution in [3.05, 3.63) is 63.1 Å². The molecule has 2 amide bonds. The summed E-state index contributed by atoms with van der Waals surface area (Å²) in [6.07, 6.45) is 5.10. The Balaban J connectivity index is 1.44. The molecule has 230 valence electrons. The standard InChI is InChI=1S/C30H36F2N6O4S/c1-16(2)29(13-23(39)35-19-7-8-19)9-10-30(15-29)36(3)28(42)24-26(41)25(40)20(14-38(24)37(30)4)27(34)43-22(33)11-17-5-6-18(31)12-21(17)32/h5-6,12,14,16,19,33-34,41H,7-11,13,15H2,1-4H3,(H,35,39)/t29-,30?/m0/s1. The fraction of sp³-hybridized carbons (Fsp3) is 0.500. The van der Waals surface area contributed by atoms with Crippen molar-refractivity contribution in [2.45, 2.75) is 70.5 Å². The zero-order valence-corrected chi connectivity index (χ0v) is 25.4. The van der Waals surface area contributed by atoms with E-state index in [9.17, 15) is 28.3 Å². The first-order valence-corrected chi connectivity index (χ1v) is 15.1. The molecule has 1 unspecified atom stereocenters. The highest BCUT2D eigenvalue weighted by Gasteiger charge is 2.58. The second-order valence-corrected chi connectivity index (χ2v) is 13.4. The maximum absolute atomic E-state index is 14.1. The van der Waals surface area contributed by atoms with E-state index in [4.69, 9.17) is 10.8 Å². The molecule has 0 radical (unpaired) electrons. The van der Waals surface area contributed by atoms with Crippen LogP contribution < -0.4 is 15.8 Å². The summed E-state index contributed by atoms with van der Waals surface area (Å²) >= 11 is 0.604. The number of thioether (sulfide) groups is 1. The summed E-state index contributed by atoms with van der Waals surface area (Å²) in [4.78, 5) is 41.4. The van der Waals surface area contributed by atoms with E-state index in [0.717, 1.165) is 18.9 Å². The number of pyridine rings is 1. The van der Waals surface area contributed by atoms with Crippen LogP contribution in [0, 0.1) is 33.8 Å². The Morgan fingerprint density at radius 2 is 1.88 bits per heavy atom. The molecule has 1 aromatic heterocycles. The van der Waals surface area contributed by atoms with Gasteiger partial charge in [-0.3, -0.25) is 34.9 Å². The molecule has 1 spiro atoms. The molecule has 0 bridgehead atoms. The topological polar surface area (TPSA) is 143 Å². The quantitative estimate of drug-likeness (QED) is 0.275. The molecule has 2 fully saturated rings. The number of fused-ring (bicyclic) bond motifs is 1. The van der Waals surface area contributed by atoms with Gasteiger partial charge in [0.2, 0.25) is 11.3 Å². The fourth-order valence-corrected chi connectivity index (χ4v) is 7.16. The van der Waals surface area contributed by atoms with Crippen molar-refractivity contribution in [2.24, 2.45) is 11.3 Å². The lowest BCUT2D eigenvalue weighted by Gasteiger charge is -2.52. The van der Waals surface area contributed by atoms with E-state index in [1.54, 1.807) is 19.1 Å². The molecule has 3 aliphatic rings. The van der Waals surface area contributed by atoms with Crippen LogP contribution in [-0.2, 0) is 11.2 Å². The van der Waals surface area contributed by atoms with Crippen LogP contribution in [-0.4, -0.2) is 62.4 Å². The molecule has 2 saturated carbocycles. The first-order chi connectivity index (χ1) is 20.2. The van der Waals surface area contributed by atoms with Crippen molar-refractivity contribution in [1.82, 2.24) is 14.9 Å². The Labute approximate surface area is 252 Å². The van der Waals surface area contributed by atoms with Crippen molar-refractivity contribution in [3.63, 3.8) is 0 Å². The van der Waals surface area contributed by atoms with Gasteiger partial charge < -0.3 is 15.3 Å². The largest absolute Gasteiger partial charge is 0.502 e. The molecule has 13 heteroatoms. The summed E-state index contributed by atoms with van der Waals surface area (Å²) in [6.45, 7) is 4.15. The summed E-state index contributed by atoms with van der Waals surface area (Å²) in [5.41, 5.74) is -2.60. The lowest BCUT2D eigenvalue weighted by Crippen LogP contribution is -2.67. The van der Waals surface area contributed by atoms with Gasteiger partial charge in [-0.2, -0.15) is 0 Å². The van der Waals surface area contributed by atoms with E-state index in [2.05, 4.69) is 19.2 Å². The summed E-state index contributed by atoms with van der Waals surface area (Å²) in [5, 5.41) is 32.1. The first-order valence-electron chi connectivity index (χ1n) is 14.3. The van der Waals surface area contributed by atoms with Crippen LogP contribution in [0.1, 0.15) is 74.0 Å². The zero-order valence-electron chi connectivity index (χ0n) is 24.6. The molecule has 5 rings (SSSR count). The number of carbonyl (C=O) groups excluding carboxylic acids is 2.